The van der Waals surface area contributed by atoms with Crippen LogP contribution in [0.2, 0.25) is 0 Å². The Bertz CT molecular complexity index is 190. The molecule has 1 N–H and O–H groups in total. The van der Waals surface area contributed by atoms with E-state index in [4.69, 9.17) is 5.11 Å². The lowest BCUT2D eigenvalue weighted by atomic mass is 10.3. The molecular formula is C6H5O4-. The molecule has 0 aromatic rings. The van der Waals surface area contributed by atoms with E-state index in [9.17, 15) is 14.7 Å². The van der Waals surface area contributed by atoms with Crippen LogP contribution < -0.4 is 5.11 Å². The van der Waals surface area contributed by atoms with Crippen molar-refractivity contribution in [1.82, 2.24) is 0 Å². The maximum atomic E-state index is 10.3. The molecule has 0 unspecified atom stereocenters. The first-order chi connectivity index (χ1) is 4.66. The number of rotatable bonds is 3. The van der Waals surface area contributed by atoms with E-state index in [0.717, 1.165) is 12.2 Å². The fourth-order valence-electron chi connectivity index (χ4n) is 0.276. The largest absolute Gasteiger partial charge is 0.878 e. The predicted molar refractivity (Wildman–Crippen MR) is 30.9 cm³/mol. The SMILES string of the molecule is O=C(O)/C=C/C(=O)/C=C/[O-]. The van der Waals surface area contributed by atoms with Crippen molar-refractivity contribution in [3.63, 3.8) is 0 Å². The quantitative estimate of drug-likeness (QED) is 0.407. The van der Waals surface area contributed by atoms with E-state index in [1.54, 1.807) is 0 Å². The zero-order valence-corrected chi connectivity index (χ0v) is 4.98. The number of carboxylic acids is 1. The van der Waals surface area contributed by atoms with Gasteiger partial charge in [-0.05, 0) is 12.2 Å². The molecule has 0 aliphatic rings. The van der Waals surface area contributed by atoms with Crippen molar-refractivity contribution in [3.05, 3.63) is 24.5 Å². The zero-order valence-electron chi connectivity index (χ0n) is 4.98. The van der Waals surface area contributed by atoms with Crippen LogP contribution in [0.15, 0.2) is 24.5 Å². The van der Waals surface area contributed by atoms with Gasteiger partial charge in [0, 0.05) is 6.08 Å². The molecule has 0 heterocycles. The summed E-state index contributed by atoms with van der Waals surface area (Å²) >= 11 is 0. The molecule has 0 aliphatic carbocycles. The van der Waals surface area contributed by atoms with Gasteiger partial charge >= 0.3 is 5.97 Å². The zero-order chi connectivity index (χ0) is 7.98. The fraction of sp³-hybridized carbons (Fsp3) is 0. The summed E-state index contributed by atoms with van der Waals surface area (Å²) in [5.41, 5.74) is 0. The number of hydrogen-bond acceptors (Lipinski definition) is 3. The molecule has 0 radical (unpaired) electrons. The Hall–Kier alpha value is -1.58. The second-order valence-corrected chi connectivity index (χ2v) is 1.38. The number of hydrogen-bond donors (Lipinski definition) is 1. The number of aliphatic carboxylic acids is 1. The summed E-state index contributed by atoms with van der Waals surface area (Å²) in [5.74, 6) is -1.84. The number of carbonyl (C=O) groups excluding carboxylic acids is 1. The lowest BCUT2D eigenvalue weighted by Gasteiger charge is -1.84. The van der Waals surface area contributed by atoms with Gasteiger partial charge in [-0.3, -0.25) is 4.79 Å². The van der Waals surface area contributed by atoms with Crippen LogP contribution in [0.3, 0.4) is 0 Å². The number of ketones is 1. The highest BCUT2D eigenvalue weighted by atomic mass is 16.4. The highest BCUT2D eigenvalue weighted by Crippen LogP contribution is 1.78. The molecule has 0 atom stereocenters. The summed E-state index contributed by atoms with van der Waals surface area (Å²) in [7, 11) is 0. The third kappa shape index (κ3) is 4.58. The minimum absolute atomic E-state index is 0.300. The Morgan fingerprint density at radius 2 is 1.80 bits per heavy atom. The molecule has 0 aromatic heterocycles. The average molecular weight is 141 g/mol. The molecular weight excluding hydrogens is 136 g/mol. The fourth-order valence-corrected chi connectivity index (χ4v) is 0.276. The van der Waals surface area contributed by atoms with E-state index in [1.165, 1.54) is 0 Å². The van der Waals surface area contributed by atoms with Gasteiger partial charge in [-0.1, -0.05) is 0 Å². The van der Waals surface area contributed by atoms with Crippen LogP contribution in [0.25, 0.3) is 0 Å². The van der Waals surface area contributed by atoms with Crippen LogP contribution in [0.5, 0.6) is 0 Å². The van der Waals surface area contributed by atoms with Crippen LogP contribution >= 0.6 is 0 Å². The second-order valence-electron chi connectivity index (χ2n) is 1.38. The number of allylic oxidation sites excluding steroid dienone is 2. The molecule has 0 saturated carbocycles. The monoisotopic (exact) mass is 141 g/mol. The molecule has 54 valence electrons. The molecule has 0 aliphatic heterocycles. The van der Waals surface area contributed by atoms with Gasteiger partial charge in [-0.15, -0.1) is 6.26 Å². The van der Waals surface area contributed by atoms with Crippen LogP contribution in [0.4, 0.5) is 0 Å². The molecule has 0 spiro atoms. The number of carboxylic acid groups (broad SMARTS) is 1. The highest BCUT2D eigenvalue weighted by Gasteiger charge is 1.88. The maximum Gasteiger partial charge on any atom is 0.328 e. The Morgan fingerprint density at radius 1 is 1.20 bits per heavy atom. The maximum absolute atomic E-state index is 10.3. The molecule has 10 heavy (non-hydrogen) atoms. The third-order valence-electron chi connectivity index (χ3n) is 0.622. The van der Waals surface area contributed by atoms with Gasteiger partial charge in [0.2, 0.25) is 0 Å². The summed E-state index contributed by atoms with van der Waals surface area (Å²) in [6, 6.07) is 0. The van der Waals surface area contributed by atoms with Crippen molar-refractivity contribution < 1.29 is 19.8 Å². The standard InChI is InChI=1S/C6H6O4/c7-4-3-5(8)1-2-6(9)10/h1-4,7H,(H,9,10)/p-1/b2-1+,4-3+. The Balaban J connectivity index is 3.90. The predicted octanol–water partition coefficient (Wildman–Crippen LogP) is -0.930. The molecule has 0 rings (SSSR count). The van der Waals surface area contributed by atoms with Crippen molar-refractivity contribution in [1.29, 1.82) is 0 Å². The third-order valence-corrected chi connectivity index (χ3v) is 0.622. The molecule has 0 fully saturated rings. The van der Waals surface area contributed by atoms with Crippen molar-refractivity contribution in [2.45, 2.75) is 0 Å². The highest BCUT2D eigenvalue weighted by molar-refractivity contribution is 6.02. The first-order valence-corrected chi connectivity index (χ1v) is 2.40. The minimum atomic E-state index is -1.22. The Labute approximate surface area is 57.1 Å². The lowest BCUT2D eigenvalue weighted by Crippen LogP contribution is -1.94. The van der Waals surface area contributed by atoms with Crippen molar-refractivity contribution in [2.24, 2.45) is 0 Å². The van der Waals surface area contributed by atoms with Crippen LogP contribution in [-0.2, 0) is 9.59 Å². The van der Waals surface area contributed by atoms with Gasteiger partial charge in [-0.2, -0.15) is 0 Å². The molecule has 0 aromatic carbocycles. The smallest absolute Gasteiger partial charge is 0.328 e. The van der Waals surface area contributed by atoms with E-state index in [0.29, 0.717) is 12.3 Å². The van der Waals surface area contributed by atoms with Crippen LogP contribution in [0, 0.1) is 0 Å². The van der Waals surface area contributed by atoms with Crippen molar-refractivity contribution in [2.75, 3.05) is 0 Å². The van der Waals surface area contributed by atoms with E-state index < -0.39 is 11.8 Å². The van der Waals surface area contributed by atoms with Crippen molar-refractivity contribution >= 4 is 11.8 Å². The van der Waals surface area contributed by atoms with Gasteiger partial charge in [0.05, 0.1) is 0 Å². The van der Waals surface area contributed by atoms with Gasteiger partial charge in [0.15, 0.2) is 5.78 Å². The van der Waals surface area contributed by atoms with Crippen LogP contribution in [-0.4, -0.2) is 16.9 Å². The van der Waals surface area contributed by atoms with Gasteiger partial charge in [0.1, 0.15) is 0 Å². The summed E-state index contributed by atoms with van der Waals surface area (Å²) in [6.45, 7) is 0. The summed E-state index contributed by atoms with van der Waals surface area (Å²) in [4.78, 5) is 20.1. The van der Waals surface area contributed by atoms with E-state index >= 15 is 0 Å². The lowest BCUT2D eigenvalue weighted by molar-refractivity contribution is -0.274. The van der Waals surface area contributed by atoms with Gasteiger partial charge in [0.25, 0.3) is 0 Å². The van der Waals surface area contributed by atoms with E-state index in [-0.39, 0.29) is 0 Å². The summed E-state index contributed by atoms with van der Waals surface area (Å²) in [6.07, 6.45) is 2.51. The molecule has 0 saturated heterocycles. The van der Waals surface area contributed by atoms with Gasteiger partial charge < -0.3 is 10.2 Å². The molecule has 0 amide bonds. The Morgan fingerprint density at radius 3 is 2.20 bits per heavy atom. The van der Waals surface area contributed by atoms with E-state index in [2.05, 4.69) is 0 Å². The topological polar surface area (TPSA) is 77.4 Å². The normalized spacial score (nSPS) is 10.8. The average Bonchev–Trinajstić information content (AvgIpc) is 1.85. The first-order valence-electron chi connectivity index (χ1n) is 2.40. The van der Waals surface area contributed by atoms with E-state index in [1.807, 2.05) is 0 Å². The molecule has 0 bridgehead atoms. The molecule has 4 heteroatoms. The summed E-state index contributed by atoms with van der Waals surface area (Å²) in [5, 5.41) is 17.6. The minimum Gasteiger partial charge on any atom is -0.878 e. The first kappa shape index (κ1) is 8.42. The number of carbonyl (C=O) groups is 2. The van der Waals surface area contributed by atoms with Crippen molar-refractivity contribution in [3.8, 4) is 0 Å². The Kier molecular flexibility index (Phi) is 3.63. The molecule has 4 nitrogen and oxygen atoms in total. The van der Waals surface area contributed by atoms with Gasteiger partial charge in [-0.25, -0.2) is 4.79 Å². The van der Waals surface area contributed by atoms with Crippen LogP contribution in [0.1, 0.15) is 0 Å². The summed E-state index contributed by atoms with van der Waals surface area (Å²) < 4.78 is 0. The second kappa shape index (κ2) is 4.31.